The first kappa shape index (κ1) is 21.6. The summed E-state index contributed by atoms with van der Waals surface area (Å²) >= 11 is 0. The van der Waals surface area contributed by atoms with E-state index in [4.69, 9.17) is 9.84 Å². The molecule has 0 saturated carbocycles. The normalized spacial score (nSPS) is 12.3. The number of carbonyl (C=O) groups excluding carboxylic acids is 3. The molecule has 0 heterocycles. The Morgan fingerprint density at radius 2 is 1.45 bits per heavy atom. The summed E-state index contributed by atoms with van der Waals surface area (Å²) in [6.45, 7) is 1.29. The van der Waals surface area contributed by atoms with Crippen molar-refractivity contribution in [3.05, 3.63) is 71.8 Å². The van der Waals surface area contributed by atoms with E-state index in [-0.39, 0.29) is 13.0 Å². The average molecular weight is 398 g/mol. The lowest BCUT2D eigenvalue weighted by atomic mass is 10.0. The van der Waals surface area contributed by atoms with Crippen molar-refractivity contribution in [3.63, 3.8) is 0 Å². The molecule has 2 amide bonds. The first-order valence-corrected chi connectivity index (χ1v) is 8.95. The number of rotatable bonds is 9. The second-order valence-electron chi connectivity index (χ2n) is 6.35. The minimum atomic E-state index is -1.65. The van der Waals surface area contributed by atoms with E-state index in [9.17, 15) is 19.2 Å². The van der Waals surface area contributed by atoms with Crippen LogP contribution in [0.4, 0.5) is 4.79 Å². The van der Waals surface area contributed by atoms with Crippen LogP contribution in [0, 0.1) is 0 Å². The van der Waals surface area contributed by atoms with E-state index >= 15 is 0 Å². The van der Waals surface area contributed by atoms with Gasteiger partial charge in [-0.25, -0.2) is 9.59 Å². The predicted octanol–water partition coefficient (Wildman–Crippen LogP) is 1.68. The van der Waals surface area contributed by atoms with E-state index in [0.717, 1.165) is 11.1 Å². The predicted molar refractivity (Wildman–Crippen MR) is 104 cm³/mol. The van der Waals surface area contributed by atoms with Crippen molar-refractivity contribution in [3.8, 4) is 0 Å². The van der Waals surface area contributed by atoms with Crippen molar-refractivity contribution in [2.45, 2.75) is 32.0 Å². The molecular weight excluding hydrogens is 376 g/mol. The van der Waals surface area contributed by atoms with Crippen LogP contribution in [0.15, 0.2) is 60.7 Å². The maximum Gasteiger partial charge on any atom is 0.408 e. The van der Waals surface area contributed by atoms with Crippen molar-refractivity contribution < 1.29 is 29.0 Å². The smallest absolute Gasteiger partial charge is 0.408 e. The van der Waals surface area contributed by atoms with Crippen LogP contribution >= 0.6 is 0 Å². The van der Waals surface area contributed by atoms with Crippen molar-refractivity contribution in [2.75, 3.05) is 0 Å². The Balaban J connectivity index is 2.03. The fourth-order valence-corrected chi connectivity index (χ4v) is 2.53. The summed E-state index contributed by atoms with van der Waals surface area (Å²) in [5.74, 6) is -3.48. The highest BCUT2D eigenvalue weighted by Gasteiger charge is 2.27. The molecule has 2 atom stereocenters. The molecule has 29 heavy (non-hydrogen) atoms. The molecule has 2 aromatic rings. The summed E-state index contributed by atoms with van der Waals surface area (Å²) in [5.41, 5.74) is 1.56. The van der Waals surface area contributed by atoms with Gasteiger partial charge in [0.15, 0.2) is 0 Å². The number of ketones is 1. The lowest BCUT2D eigenvalue weighted by Crippen LogP contribution is -2.52. The molecule has 0 aliphatic rings. The summed E-state index contributed by atoms with van der Waals surface area (Å²) < 4.78 is 5.15. The molecule has 0 aliphatic heterocycles. The zero-order valence-electron chi connectivity index (χ0n) is 15.8. The first-order valence-electron chi connectivity index (χ1n) is 8.95. The minimum absolute atomic E-state index is 0.0280. The lowest BCUT2D eigenvalue weighted by molar-refractivity contribution is -0.150. The van der Waals surface area contributed by atoms with Gasteiger partial charge in [-0.1, -0.05) is 60.7 Å². The minimum Gasteiger partial charge on any atom is -0.475 e. The molecule has 0 saturated heterocycles. The van der Waals surface area contributed by atoms with Gasteiger partial charge in [0.25, 0.3) is 5.78 Å². The first-order chi connectivity index (χ1) is 13.9. The summed E-state index contributed by atoms with van der Waals surface area (Å²) in [6, 6.07) is 15.7. The molecule has 0 bridgehead atoms. The molecule has 3 N–H and O–H groups in total. The van der Waals surface area contributed by atoms with Crippen molar-refractivity contribution >= 4 is 23.8 Å². The number of ether oxygens (including phenoxy) is 1. The van der Waals surface area contributed by atoms with E-state index in [1.807, 2.05) is 24.3 Å². The average Bonchev–Trinajstić information content (AvgIpc) is 2.72. The number of aliphatic carboxylic acids is 1. The second kappa shape index (κ2) is 10.6. The number of hydrogen-bond donors (Lipinski definition) is 3. The number of carboxylic acid groups (broad SMARTS) is 1. The fraction of sp³-hybridized carbons (Fsp3) is 0.238. The van der Waals surface area contributed by atoms with Gasteiger partial charge in [-0.3, -0.25) is 9.59 Å². The molecule has 0 spiro atoms. The van der Waals surface area contributed by atoms with Gasteiger partial charge in [0.2, 0.25) is 5.91 Å². The van der Waals surface area contributed by atoms with Crippen LogP contribution in [0.2, 0.25) is 0 Å². The molecule has 1 unspecified atom stereocenters. The van der Waals surface area contributed by atoms with Crippen LogP contribution in [-0.2, 0) is 32.1 Å². The Morgan fingerprint density at radius 3 is 2.00 bits per heavy atom. The molecule has 0 radical (unpaired) electrons. The van der Waals surface area contributed by atoms with Crippen LogP contribution in [0.5, 0.6) is 0 Å². The van der Waals surface area contributed by atoms with Gasteiger partial charge < -0.3 is 20.5 Å². The number of nitrogens with one attached hydrogen (secondary N) is 2. The Hall–Kier alpha value is -3.68. The SMILES string of the molecule is CC(NC(=O)[C@H](Cc1ccccc1)NC(=O)OCc1ccccc1)C(=O)C(=O)O. The van der Waals surface area contributed by atoms with Gasteiger partial charge in [0, 0.05) is 6.42 Å². The van der Waals surface area contributed by atoms with Gasteiger partial charge in [-0.2, -0.15) is 0 Å². The number of benzene rings is 2. The highest BCUT2D eigenvalue weighted by atomic mass is 16.5. The number of carbonyl (C=O) groups is 4. The molecule has 2 rings (SSSR count). The second-order valence-corrected chi connectivity index (χ2v) is 6.35. The van der Waals surface area contributed by atoms with Crippen molar-refractivity contribution in [2.24, 2.45) is 0 Å². The molecule has 0 aromatic heterocycles. The molecular formula is C21H22N2O6. The Labute approximate surface area is 167 Å². The summed E-state index contributed by atoms with van der Waals surface area (Å²) in [6.07, 6.45) is -0.664. The van der Waals surface area contributed by atoms with E-state index in [2.05, 4.69) is 10.6 Å². The number of carboxylic acids is 1. The van der Waals surface area contributed by atoms with Crippen LogP contribution in [0.1, 0.15) is 18.1 Å². The number of hydrogen-bond acceptors (Lipinski definition) is 5. The van der Waals surface area contributed by atoms with Crippen LogP contribution in [0.3, 0.4) is 0 Å². The Bertz CT molecular complexity index is 854. The van der Waals surface area contributed by atoms with Gasteiger partial charge in [0.05, 0.1) is 6.04 Å². The molecule has 0 fully saturated rings. The van der Waals surface area contributed by atoms with E-state index in [1.54, 1.807) is 36.4 Å². The van der Waals surface area contributed by atoms with Crippen LogP contribution in [0.25, 0.3) is 0 Å². The van der Waals surface area contributed by atoms with Crippen molar-refractivity contribution in [1.82, 2.24) is 10.6 Å². The maximum absolute atomic E-state index is 12.6. The van der Waals surface area contributed by atoms with E-state index in [0.29, 0.717) is 0 Å². The summed E-state index contributed by atoms with van der Waals surface area (Å²) in [5, 5.41) is 13.6. The van der Waals surface area contributed by atoms with Gasteiger partial charge in [0.1, 0.15) is 12.6 Å². The zero-order valence-corrected chi connectivity index (χ0v) is 15.8. The highest BCUT2D eigenvalue weighted by molar-refractivity contribution is 6.35. The highest BCUT2D eigenvalue weighted by Crippen LogP contribution is 2.06. The van der Waals surface area contributed by atoms with Gasteiger partial charge in [-0.05, 0) is 18.1 Å². The quantitative estimate of drug-likeness (QED) is 0.553. The third kappa shape index (κ3) is 7.10. The monoisotopic (exact) mass is 398 g/mol. The molecule has 0 aliphatic carbocycles. The molecule has 8 heteroatoms. The molecule has 8 nitrogen and oxygen atoms in total. The van der Waals surface area contributed by atoms with E-state index in [1.165, 1.54) is 6.92 Å². The third-order valence-corrected chi connectivity index (χ3v) is 4.07. The maximum atomic E-state index is 12.6. The number of Topliss-reactive ketones (excluding diaryl/α,β-unsaturated/α-hetero) is 1. The Morgan fingerprint density at radius 1 is 0.897 bits per heavy atom. The Kier molecular flexibility index (Phi) is 7.90. The van der Waals surface area contributed by atoms with Crippen LogP contribution in [-0.4, -0.2) is 40.9 Å². The van der Waals surface area contributed by atoms with Crippen LogP contribution < -0.4 is 10.6 Å². The zero-order chi connectivity index (χ0) is 21.2. The van der Waals surface area contributed by atoms with Gasteiger partial charge in [-0.15, -0.1) is 0 Å². The van der Waals surface area contributed by atoms with Crippen molar-refractivity contribution in [1.29, 1.82) is 0 Å². The largest absolute Gasteiger partial charge is 0.475 e. The lowest BCUT2D eigenvalue weighted by Gasteiger charge is -2.20. The molecule has 2 aromatic carbocycles. The summed E-state index contributed by atoms with van der Waals surface area (Å²) in [4.78, 5) is 47.0. The fourth-order valence-electron chi connectivity index (χ4n) is 2.53. The van der Waals surface area contributed by atoms with Gasteiger partial charge >= 0.3 is 12.1 Å². The number of alkyl carbamates (subject to hydrolysis) is 1. The van der Waals surface area contributed by atoms with E-state index < -0.39 is 35.8 Å². The standard InChI is InChI=1S/C21H22N2O6/c1-14(18(24)20(26)27)22-19(25)17(12-15-8-4-2-5-9-15)23-21(28)29-13-16-10-6-3-7-11-16/h2-11,14,17H,12-13H2,1H3,(H,22,25)(H,23,28)(H,26,27)/t14?,17-/m0/s1. The topological polar surface area (TPSA) is 122 Å². The summed E-state index contributed by atoms with van der Waals surface area (Å²) in [7, 11) is 0. The third-order valence-electron chi connectivity index (χ3n) is 4.07. The molecule has 152 valence electrons. The number of amides is 2.